The normalized spacial score (nSPS) is 9.78. The highest BCUT2D eigenvalue weighted by Gasteiger charge is 2.16. The standard InChI is InChI=1S/C12H11N5O/c1-17-11(9(14)7-15-17)12(18)16-10-5-3-2-4-8(10)6-13/h2-5,7H,14H2,1H3,(H,16,18). The first kappa shape index (κ1) is 11.7. The van der Waals surface area contributed by atoms with Gasteiger partial charge in [0.05, 0.1) is 23.1 Å². The van der Waals surface area contributed by atoms with E-state index in [9.17, 15) is 4.79 Å². The molecule has 0 saturated heterocycles. The zero-order valence-electron chi connectivity index (χ0n) is 9.71. The maximum absolute atomic E-state index is 12.0. The Morgan fingerprint density at radius 2 is 2.22 bits per heavy atom. The molecule has 0 saturated carbocycles. The first-order valence-electron chi connectivity index (χ1n) is 5.21. The number of nitrogen functional groups attached to an aromatic ring is 1. The molecule has 0 spiro atoms. The van der Waals surface area contributed by atoms with Crippen LogP contribution in [0.2, 0.25) is 0 Å². The second-order valence-corrected chi connectivity index (χ2v) is 3.68. The van der Waals surface area contributed by atoms with Gasteiger partial charge in [-0.3, -0.25) is 9.48 Å². The number of rotatable bonds is 2. The van der Waals surface area contributed by atoms with E-state index in [-0.39, 0.29) is 5.69 Å². The van der Waals surface area contributed by atoms with Gasteiger partial charge in [-0.05, 0) is 12.1 Å². The largest absolute Gasteiger partial charge is 0.396 e. The molecule has 0 aliphatic carbocycles. The number of amides is 1. The van der Waals surface area contributed by atoms with Crippen molar-refractivity contribution in [2.45, 2.75) is 0 Å². The smallest absolute Gasteiger partial charge is 0.276 e. The lowest BCUT2D eigenvalue weighted by Gasteiger charge is -2.07. The molecule has 2 rings (SSSR count). The van der Waals surface area contributed by atoms with E-state index >= 15 is 0 Å². The number of hydrogen-bond donors (Lipinski definition) is 2. The van der Waals surface area contributed by atoms with Crippen molar-refractivity contribution in [2.75, 3.05) is 11.1 Å². The molecule has 1 heterocycles. The van der Waals surface area contributed by atoms with Crippen LogP contribution in [0.15, 0.2) is 30.5 Å². The number of carbonyl (C=O) groups is 1. The Balaban J connectivity index is 2.31. The summed E-state index contributed by atoms with van der Waals surface area (Å²) in [5.41, 5.74) is 7.06. The number of aryl methyl sites for hydroxylation is 1. The van der Waals surface area contributed by atoms with E-state index < -0.39 is 5.91 Å². The Labute approximate surface area is 104 Å². The topological polar surface area (TPSA) is 96.7 Å². The van der Waals surface area contributed by atoms with Gasteiger partial charge in [0.15, 0.2) is 0 Å². The molecule has 6 heteroatoms. The Hall–Kier alpha value is -2.81. The van der Waals surface area contributed by atoms with Gasteiger partial charge in [-0.25, -0.2) is 0 Å². The van der Waals surface area contributed by atoms with Crippen LogP contribution in [-0.2, 0) is 7.05 Å². The van der Waals surface area contributed by atoms with Crippen LogP contribution in [0.5, 0.6) is 0 Å². The Morgan fingerprint density at radius 1 is 1.50 bits per heavy atom. The van der Waals surface area contributed by atoms with Crippen LogP contribution in [0, 0.1) is 11.3 Å². The van der Waals surface area contributed by atoms with Gasteiger partial charge in [-0.1, -0.05) is 12.1 Å². The predicted molar refractivity (Wildman–Crippen MR) is 66.7 cm³/mol. The highest BCUT2D eigenvalue weighted by Crippen LogP contribution is 2.16. The van der Waals surface area contributed by atoms with Crippen molar-refractivity contribution in [2.24, 2.45) is 7.05 Å². The third-order valence-electron chi connectivity index (χ3n) is 2.48. The van der Waals surface area contributed by atoms with E-state index in [1.807, 2.05) is 6.07 Å². The highest BCUT2D eigenvalue weighted by atomic mass is 16.2. The van der Waals surface area contributed by atoms with E-state index in [1.54, 1.807) is 31.3 Å². The summed E-state index contributed by atoms with van der Waals surface area (Å²) in [6.45, 7) is 0. The van der Waals surface area contributed by atoms with Crippen molar-refractivity contribution in [3.05, 3.63) is 41.7 Å². The van der Waals surface area contributed by atoms with Gasteiger partial charge in [0.25, 0.3) is 5.91 Å². The van der Waals surface area contributed by atoms with E-state index in [2.05, 4.69) is 10.4 Å². The summed E-state index contributed by atoms with van der Waals surface area (Å²) in [5.74, 6) is -0.393. The van der Waals surface area contributed by atoms with Crippen molar-refractivity contribution in [3.63, 3.8) is 0 Å². The molecule has 0 atom stereocenters. The third kappa shape index (κ3) is 2.01. The van der Waals surface area contributed by atoms with Crippen molar-refractivity contribution >= 4 is 17.3 Å². The molecule has 2 aromatic rings. The molecule has 0 radical (unpaired) electrons. The van der Waals surface area contributed by atoms with Crippen LogP contribution >= 0.6 is 0 Å². The Kier molecular flexibility index (Phi) is 2.98. The van der Waals surface area contributed by atoms with Crippen molar-refractivity contribution in [1.82, 2.24) is 9.78 Å². The van der Waals surface area contributed by atoms with Crippen molar-refractivity contribution < 1.29 is 4.79 Å². The number of carbonyl (C=O) groups excluding carboxylic acids is 1. The number of nitrogens with zero attached hydrogens (tertiary/aromatic N) is 3. The lowest BCUT2D eigenvalue weighted by molar-refractivity contribution is 0.101. The number of nitrogens with two attached hydrogens (primary N) is 1. The fourth-order valence-electron chi connectivity index (χ4n) is 1.60. The van der Waals surface area contributed by atoms with Crippen LogP contribution in [0.25, 0.3) is 0 Å². The molecule has 6 nitrogen and oxygen atoms in total. The summed E-state index contributed by atoms with van der Waals surface area (Å²) in [6.07, 6.45) is 1.41. The molecule has 18 heavy (non-hydrogen) atoms. The molecule has 0 aliphatic rings. The first-order valence-corrected chi connectivity index (χ1v) is 5.21. The molecule has 3 N–H and O–H groups in total. The van der Waals surface area contributed by atoms with Gasteiger partial charge in [0, 0.05) is 7.05 Å². The molecule has 0 fully saturated rings. The van der Waals surface area contributed by atoms with E-state index in [4.69, 9.17) is 11.0 Å². The first-order chi connectivity index (χ1) is 8.63. The van der Waals surface area contributed by atoms with Crippen LogP contribution in [0.1, 0.15) is 16.1 Å². The summed E-state index contributed by atoms with van der Waals surface area (Å²) < 4.78 is 1.39. The fraction of sp³-hybridized carbons (Fsp3) is 0.0833. The minimum Gasteiger partial charge on any atom is -0.396 e. The van der Waals surface area contributed by atoms with E-state index in [0.29, 0.717) is 16.9 Å². The number of hydrogen-bond acceptors (Lipinski definition) is 4. The second-order valence-electron chi connectivity index (χ2n) is 3.68. The molecule has 1 aromatic heterocycles. The molecule has 1 aromatic carbocycles. The molecule has 0 unspecified atom stereocenters. The quantitative estimate of drug-likeness (QED) is 0.823. The Morgan fingerprint density at radius 3 is 2.83 bits per heavy atom. The number of nitrogens with one attached hydrogen (secondary N) is 1. The van der Waals surface area contributed by atoms with Crippen molar-refractivity contribution in [1.29, 1.82) is 5.26 Å². The molecule has 90 valence electrons. The zero-order valence-corrected chi connectivity index (χ0v) is 9.71. The monoisotopic (exact) mass is 241 g/mol. The maximum Gasteiger partial charge on any atom is 0.276 e. The van der Waals surface area contributed by atoms with Crippen LogP contribution in [0.4, 0.5) is 11.4 Å². The molecular formula is C12H11N5O. The molecule has 0 aliphatic heterocycles. The average molecular weight is 241 g/mol. The third-order valence-corrected chi connectivity index (χ3v) is 2.48. The van der Waals surface area contributed by atoms with Gasteiger partial charge in [0.1, 0.15) is 11.8 Å². The summed E-state index contributed by atoms with van der Waals surface area (Å²) in [6, 6.07) is 8.76. The maximum atomic E-state index is 12.0. The Bertz CT molecular complexity index is 619. The van der Waals surface area contributed by atoms with Crippen LogP contribution in [-0.4, -0.2) is 15.7 Å². The highest BCUT2D eigenvalue weighted by molar-refractivity contribution is 6.06. The molecular weight excluding hydrogens is 230 g/mol. The lowest BCUT2D eigenvalue weighted by atomic mass is 10.2. The van der Waals surface area contributed by atoms with Gasteiger partial charge in [-0.15, -0.1) is 0 Å². The van der Waals surface area contributed by atoms with Gasteiger partial charge >= 0.3 is 0 Å². The van der Waals surface area contributed by atoms with Gasteiger partial charge in [0.2, 0.25) is 0 Å². The van der Waals surface area contributed by atoms with Crippen LogP contribution in [0.3, 0.4) is 0 Å². The summed E-state index contributed by atoms with van der Waals surface area (Å²) >= 11 is 0. The number of para-hydroxylation sites is 1. The second kappa shape index (κ2) is 4.59. The number of nitriles is 1. The van der Waals surface area contributed by atoms with E-state index in [0.717, 1.165) is 0 Å². The number of anilines is 2. The minimum atomic E-state index is -0.393. The van der Waals surface area contributed by atoms with Crippen molar-refractivity contribution in [3.8, 4) is 6.07 Å². The fourth-order valence-corrected chi connectivity index (χ4v) is 1.60. The average Bonchev–Trinajstić information content (AvgIpc) is 2.69. The van der Waals surface area contributed by atoms with Crippen LogP contribution < -0.4 is 11.1 Å². The lowest BCUT2D eigenvalue weighted by Crippen LogP contribution is -2.18. The predicted octanol–water partition coefficient (Wildman–Crippen LogP) is 1.13. The number of aromatic nitrogens is 2. The number of benzene rings is 1. The van der Waals surface area contributed by atoms with Gasteiger partial charge < -0.3 is 11.1 Å². The summed E-state index contributed by atoms with van der Waals surface area (Å²) in [7, 11) is 1.63. The van der Waals surface area contributed by atoms with Gasteiger partial charge in [-0.2, -0.15) is 10.4 Å². The summed E-state index contributed by atoms with van der Waals surface area (Å²) in [5, 5.41) is 15.5. The summed E-state index contributed by atoms with van der Waals surface area (Å²) in [4.78, 5) is 12.0. The van der Waals surface area contributed by atoms with E-state index in [1.165, 1.54) is 10.9 Å². The molecule has 0 bridgehead atoms. The minimum absolute atomic E-state index is 0.266. The molecule has 1 amide bonds. The zero-order chi connectivity index (χ0) is 13.1. The SMILES string of the molecule is Cn1ncc(N)c1C(=O)Nc1ccccc1C#N.